The van der Waals surface area contributed by atoms with Gasteiger partial charge in [-0.15, -0.1) is 5.10 Å². The second-order valence-corrected chi connectivity index (χ2v) is 8.32. The predicted octanol–water partition coefficient (Wildman–Crippen LogP) is 0.914. The first-order chi connectivity index (χ1) is 15.4. The number of carbonyl (C=O) groups is 1. The number of methoxy groups -OCH3 is 1. The van der Waals surface area contributed by atoms with Gasteiger partial charge < -0.3 is 20.3 Å². The van der Waals surface area contributed by atoms with Crippen molar-refractivity contribution in [1.82, 2.24) is 28.6 Å². The molecule has 1 aliphatic carbocycles. The molecule has 5 rings (SSSR count). The zero-order valence-electron chi connectivity index (χ0n) is 18.3. The number of hydrogen-bond acceptors (Lipinski definition) is 7. The minimum absolute atomic E-state index is 0.0245. The van der Waals surface area contributed by atoms with Gasteiger partial charge in [0.25, 0.3) is 5.88 Å². The molecule has 1 saturated heterocycles. The Balaban J connectivity index is 1.47. The van der Waals surface area contributed by atoms with Gasteiger partial charge in [-0.25, -0.2) is 14.2 Å². The zero-order valence-corrected chi connectivity index (χ0v) is 18.3. The third kappa shape index (κ3) is 3.12. The van der Waals surface area contributed by atoms with Gasteiger partial charge in [0, 0.05) is 39.9 Å². The Labute approximate surface area is 184 Å². The minimum atomic E-state index is -0.158. The number of nitrogens with one attached hydrogen (secondary N) is 2. The molecule has 1 amide bonds. The van der Waals surface area contributed by atoms with E-state index in [-0.39, 0.29) is 11.6 Å². The van der Waals surface area contributed by atoms with Gasteiger partial charge in [-0.1, -0.05) is 6.58 Å². The number of nitrogens with zero attached hydrogens (tertiary/aromatic N) is 6. The summed E-state index contributed by atoms with van der Waals surface area (Å²) in [5.74, 6) is 2.24. The lowest BCUT2D eigenvalue weighted by Crippen LogP contribution is -2.32. The Hall–Kier alpha value is -3.76. The third-order valence-corrected chi connectivity index (χ3v) is 6.50. The summed E-state index contributed by atoms with van der Waals surface area (Å²) >= 11 is 0. The lowest BCUT2D eigenvalue weighted by Gasteiger charge is -2.19. The van der Waals surface area contributed by atoms with Crippen LogP contribution in [-0.4, -0.2) is 61.8 Å². The van der Waals surface area contributed by atoms with E-state index in [1.165, 1.54) is 6.08 Å². The van der Waals surface area contributed by atoms with E-state index in [1.807, 2.05) is 18.1 Å². The molecule has 11 heteroatoms. The maximum absolute atomic E-state index is 13.3. The number of hydrogen-bond donors (Lipinski definition) is 2. The molecule has 2 unspecified atom stereocenters. The average Bonchev–Trinajstić information content (AvgIpc) is 3.22. The Morgan fingerprint density at radius 1 is 1.31 bits per heavy atom. The van der Waals surface area contributed by atoms with E-state index in [1.54, 1.807) is 40.2 Å². The molecule has 2 fully saturated rings. The first-order valence-corrected chi connectivity index (χ1v) is 10.5. The van der Waals surface area contributed by atoms with Crippen molar-refractivity contribution in [1.29, 1.82) is 0 Å². The van der Waals surface area contributed by atoms with Crippen LogP contribution in [0.3, 0.4) is 0 Å². The van der Waals surface area contributed by atoms with Crippen LogP contribution in [0, 0.1) is 17.8 Å². The van der Waals surface area contributed by atoms with Gasteiger partial charge in [0.15, 0.2) is 5.65 Å². The van der Waals surface area contributed by atoms with Crippen molar-refractivity contribution in [3.8, 4) is 5.88 Å². The number of ether oxygens (including phenoxy) is 1. The molecule has 11 nitrogen and oxygen atoms in total. The fourth-order valence-electron chi connectivity index (χ4n) is 4.83. The molecule has 168 valence electrons. The quantitative estimate of drug-likeness (QED) is 0.528. The number of carbonyl (C=O) groups excluding carboxylic acids is 1. The van der Waals surface area contributed by atoms with Crippen LogP contribution in [0.25, 0.3) is 5.65 Å². The van der Waals surface area contributed by atoms with Crippen molar-refractivity contribution in [3.63, 3.8) is 0 Å². The van der Waals surface area contributed by atoms with Gasteiger partial charge in [-0.05, 0) is 23.8 Å². The summed E-state index contributed by atoms with van der Waals surface area (Å²) in [5.41, 5.74) is 1.71. The number of amides is 1. The van der Waals surface area contributed by atoms with Crippen molar-refractivity contribution in [2.24, 2.45) is 24.8 Å². The minimum Gasteiger partial charge on any atom is -0.478 e. The van der Waals surface area contributed by atoms with E-state index in [4.69, 9.17) is 4.74 Å². The molecule has 0 aromatic carbocycles. The zero-order chi connectivity index (χ0) is 22.6. The summed E-state index contributed by atoms with van der Waals surface area (Å²) in [4.78, 5) is 31.4. The fraction of sp³-hybridized carbons (Fsp3) is 0.429. The van der Waals surface area contributed by atoms with E-state index >= 15 is 0 Å². The second kappa shape index (κ2) is 7.43. The highest BCUT2D eigenvalue weighted by atomic mass is 16.5. The molecule has 32 heavy (non-hydrogen) atoms. The van der Waals surface area contributed by atoms with Crippen LogP contribution < -0.4 is 21.1 Å². The number of likely N-dealkylation sites (tertiary alicyclic amines) is 1. The maximum Gasteiger partial charge on any atom is 0.335 e. The molecular formula is C21H26N8O3. The Bertz CT molecular complexity index is 1260. The molecule has 2 aliphatic rings. The van der Waals surface area contributed by atoms with Gasteiger partial charge in [0.1, 0.15) is 11.5 Å². The number of aromatic nitrogens is 5. The topological polar surface area (TPSA) is 111 Å². The van der Waals surface area contributed by atoms with Crippen molar-refractivity contribution < 1.29 is 9.53 Å². The van der Waals surface area contributed by atoms with Crippen LogP contribution >= 0.6 is 0 Å². The van der Waals surface area contributed by atoms with Crippen molar-refractivity contribution in [2.75, 3.05) is 37.9 Å². The molecule has 1 aliphatic heterocycles. The van der Waals surface area contributed by atoms with Gasteiger partial charge >= 0.3 is 5.69 Å². The van der Waals surface area contributed by atoms with Gasteiger partial charge in [-0.2, -0.15) is 0 Å². The molecule has 0 radical (unpaired) electrons. The number of aryl methyl sites for hydroxylation is 1. The summed E-state index contributed by atoms with van der Waals surface area (Å²) in [6.07, 6.45) is 6.61. The molecule has 3 aromatic heterocycles. The summed E-state index contributed by atoms with van der Waals surface area (Å²) in [6, 6.07) is 0. The maximum atomic E-state index is 13.3. The monoisotopic (exact) mass is 438 g/mol. The highest BCUT2D eigenvalue weighted by Crippen LogP contribution is 2.52. The summed E-state index contributed by atoms with van der Waals surface area (Å²) in [6.45, 7) is 5.60. The van der Waals surface area contributed by atoms with E-state index in [0.29, 0.717) is 53.0 Å². The third-order valence-electron chi connectivity index (χ3n) is 6.50. The SMILES string of the molecule is C=CC(=O)N1CC2C(C1)C2Cn1cc(Nc2cn(C)nc2OC)c2ncc(NC)n2c1=O. The number of fused-ring (bicyclic) bond motifs is 2. The first-order valence-electron chi connectivity index (χ1n) is 10.5. The summed E-state index contributed by atoms with van der Waals surface area (Å²) in [7, 11) is 5.13. The van der Waals surface area contributed by atoms with Crippen LogP contribution in [0.15, 0.2) is 36.0 Å². The van der Waals surface area contributed by atoms with Gasteiger partial charge in [-0.3, -0.25) is 14.0 Å². The van der Waals surface area contributed by atoms with E-state index in [9.17, 15) is 9.59 Å². The lowest BCUT2D eigenvalue weighted by atomic mass is 10.2. The van der Waals surface area contributed by atoms with E-state index in [0.717, 1.165) is 13.1 Å². The van der Waals surface area contributed by atoms with E-state index in [2.05, 4.69) is 27.3 Å². The highest BCUT2D eigenvalue weighted by molar-refractivity contribution is 5.87. The number of imidazole rings is 1. The summed E-state index contributed by atoms with van der Waals surface area (Å²) < 4.78 is 10.3. The van der Waals surface area contributed by atoms with Gasteiger partial charge in [0.05, 0.1) is 25.2 Å². The largest absolute Gasteiger partial charge is 0.478 e. The first kappa shape index (κ1) is 20.2. The van der Waals surface area contributed by atoms with Crippen LogP contribution in [0.5, 0.6) is 5.88 Å². The Kier molecular flexibility index (Phi) is 4.68. The van der Waals surface area contributed by atoms with Crippen LogP contribution in [0.1, 0.15) is 0 Å². The second-order valence-electron chi connectivity index (χ2n) is 8.32. The standard InChI is InChI=1S/C21H26N8O3/c1-5-18(30)27-7-12-13(8-27)14(12)9-28-11-15(24-16-10-26(3)25-20(16)32-4)19-23-6-17(22-2)29(19)21(28)31/h5-6,10-14,22,24H,1,7-9H2,2-4H3. The molecule has 3 aromatic rings. The Morgan fingerprint density at radius 2 is 2.06 bits per heavy atom. The molecule has 4 heterocycles. The predicted molar refractivity (Wildman–Crippen MR) is 119 cm³/mol. The highest BCUT2D eigenvalue weighted by Gasteiger charge is 2.56. The smallest absolute Gasteiger partial charge is 0.335 e. The molecule has 0 spiro atoms. The van der Waals surface area contributed by atoms with Gasteiger partial charge in [0.2, 0.25) is 5.91 Å². The van der Waals surface area contributed by atoms with Crippen LogP contribution in [0.2, 0.25) is 0 Å². The number of piperidine rings is 1. The number of anilines is 3. The molecule has 2 atom stereocenters. The average molecular weight is 438 g/mol. The molecule has 2 N–H and O–H groups in total. The van der Waals surface area contributed by atoms with E-state index < -0.39 is 0 Å². The normalized spacial score (nSPS) is 21.5. The number of rotatable bonds is 7. The Morgan fingerprint density at radius 3 is 2.72 bits per heavy atom. The van der Waals surface area contributed by atoms with Crippen molar-refractivity contribution in [2.45, 2.75) is 6.54 Å². The van der Waals surface area contributed by atoms with Crippen molar-refractivity contribution in [3.05, 3.63) is 41.7 Å². The molecule has 0 bridgehead atoms. The molecular weight excluding hydrogens is 412 g/mol. The van der Waals surface area contributed by atoms with Crippen molar-refractivity contribution >= 4 is 28.7 Å². The summed E-state index contributed by atoms with van der Waals surface area (Å²) in [5, 5.41) is 10.6. The van der Waals surface area contributed by atoms with Crippen LogP contribution in [0.4, 0.5) is 17.2 Å². The van der Waals surface area contributed by atoms with Crippen LogP contribution in [-0.2, 0) is 18.4 Å². The lowest BCUT2D eigenvalue weighted by molar-refractivity contribution is -0.125. The fourth-order valence-corrected chi connectivity index (χ4v) is 4.83. The molecule has 1 saturated carbocycles.